The summed E-state index contributed by atoms with van der Waals surface area (Å²) in [4.78, 5) is 2.54. The molecule has 0 unspecified atom stereocenters. The van der Waals surface area contributed by atoms with Crippen LogP contribution in [0.25, 0.3) is 0 Å². The number of aryl methyl sites for hydroxylation is 1. The zero-order valence-corrected chi connectivity index (χ0v) is 18.6. The Kier molecular flexibility index (Phi) is 6.39. The molecule has 7 heteroatoms. The van der Waals surface area contributed by atoms with Crippen molar-refractivity contribution in [2.45, 2.75) is 31.6 Å². The summed E-state index contributed by atoms with van der Waals surface area (Å²) in [5, 5.41) is 0. The van der Waals surface area contributed by atoms with Crippen LogP contribution >= 0.6 is 0 Å². The molecule has 0 aromatic heterocycles. The van der Waals surface area contributed by atoms with E-state index in [0.717, 1.165) is 22.7 Å². The van der Waals surface area contributed by atoms with Crippen LogP contribution in [0.3, 0.4) is 0 Å². The zero-order valence-electron chi connectivity index (χ0n) is 17.8. The SMILES string of the molecule is COc1cc(C)c(S(=O)(=O)N2CCN(c3ccccc3OC)CC2)cc1C(C)C. The molecule has 0 aliphatic carbocycles. The molecule has 1 fully saturated rings. The van der Waals surface area contributed by atoms with Crippen LogP contribution < -0.4 is 14.4 Å². The Morgan fingerprint density at radius 1 is 0.931 bits per heavy atom. The van der Waals surface area contributed by atoms with E-state index in [4.69, 9.17) is 9.47 Å². The standard InChI is InChI=1S/C22H30N2O4S/c1-16(2)18-15-22(17(3)14-21(18)28-5)29(25,26)24-12-10-23(11-13-24)19-8-6-7-9-20(19)27-4/h6-9,14-16H,10-13H2,1-5H3. The van der Waals surface area contributed by atoms with Gasteiger partial charge in [0.15, 0.2) is 0 Å². The Morgan fingerprint density at radius 3 is 2.14 bits per heavy atom. The van der Waals surface area contributed by atoms with Gasteiger partial charge < -0.3 is 14.4 Å². The molecule has 3 rings (SSSR count). The van der Waals surface area contributed by atoms with Crippen LogP contribution in [0, 0.1) is 6.92 Å². The van der Waals surface area contributed by atoms with Crippen molar-refractivity contribution < 1.29 is 17.9 Å². The number of para-hydroxylation sites is 2. The molecule has 1 heterocycles. The summed E-state index contributed by atoms with van der Waals surface area (Å²) in [6.45, 7) is 8.00. The normalized spacial score (nSPS) is 15.6. The summed E-state index contributed by atoms with van der Waals surface area (Å²) >= 11 is 0. The molecule has 1 saturated heterocycles. The monoisotopic (exact) mass is 418 g/mol. The molecule has 0 N–H and O–H groups in total. The number of piperazine rings is 1. The van der Waals surface area contributed by atoms with Crippen LogP contribution in [0.15, 0.2) is 41.3 Å². The summed E-state index contributed by atoms with van der Waals surface area (Å²) in [5.74, 6) is 1.70. The van der Waals surface area contributed by atoms with Gasteiger partial charge >= 0.3 is 0 Å². The first kappa shape index (κ1) is 21.5. The highest BCUT2D eigenvalue weighted by molar-refractivity contribution is 7.89. The fourth-order valence-corrected chi connectivity index (χ4v) is 5.45. The molecule has 29 heavy (non-hydrogen) atoms. The Labute approximate surface area is 174 Å². The number of hydrogen-bond acceptors (Lipinski definition) is 5. The molecule has 0 saturated carbocycles. The third-order valence-corrected chi connectivity index (χ3v) is 7.47. The summed E-state index contributed by atoms with van der Waals surface area (Å²) in [6, 6.07) is 11.4. The van der Waals surface area contributed by atoms with Crippen LogP contribution in [0.4, 0.5) is 5.69 Å². The van der Waals surface area contributed by atoms with Gasteiger partial charge in [0.1, 0.15) is 11.5 Å². The summed E-state index contributed by atoms with van der Waals surface area (Å²) in [6.07, 6.45) is 0. The highest BCUT2D eigenvalue weighted by atomic mass is 32.2. The van der Waals surface area contributed by atoms with Gasteiger partial charge in [-0.05, 0) is 48.2 Å². The van der Waals surface area contributed by atoms with Gasteiger partial charge in [-0.3, -0.25) is 0 Å². The molecule has 1 aliphatic rings. The number of benzene rings is 2. The zero-order chi connectivity index (χ0) is 21.2. The molecule has 0 spiro atoms. The average Bonchev–Trinajstić information content (AvgIpc) is 2.73. The fraction of sp³-hybridized carbons (Fsp3) is 0.455. The maximum atomic E-state index is 13.4. The summed E-state index contributed by atoms with van der Waals surface area (Å²) in [5.41, 5.74) is 2.61. The van der Waals surface area contributed by atoms with E-state index in [2.05, 4.69) is 4.90 Å². The van der Waals surface area contributed by atoms with Crippen molar-refractivity contribution in [3.63, 3.8) is 0 Å². The maximum Gasteiger partial charge on any atom is 0.243 e. The van der Waals surface area contributed by atoms with E-state index < -0.39 is 10.0 Å². The molecule has 0 bridgehead atoms. The molecular formula is C22H30N2O4S. The smallest absolute Gasteiger partial charge is 0.243 e. The van der Waals surface area contributed by atoms with Gasteiger partial charge in [0, 0.05) is 26.2 Å². The predicted octanol–water partition coefficient (Wildman–Crippen LogP) is 3.65. The lowest BCUT2D eigenvalue weighted by Gasteiger charge is -2.36. The van der Waals surface area contributed by atoms with Gasteiger partial charge in [-0.1, -0.05) is 26.0 Å². The van der Waals surface area contributed by atoms with Gasteiger partial charge in [0.25, 0.3) is 0 Å². The molecule has 0 radical (unpaired) electrons. The fourth-order valence-electron chi connectivity index (χ4n) is 3.78. The molecular weight excluding hydrogens is 388 g/mol. The maximum absolute atomic E-state index is 13.4. The molecule has 1 aliphatic heterocycles. The van der Waals surface area contributed by atoms with E-state index >= 15 is 0 Å². The minimum absolute atomic E-state index is 0.168. The summed E-state index contributed by atoms with van der Waals surface area (Å²) < 4.78 is 39.3. The largest absolute Gasteiger partial charge is 0.496 e. The van der Waals surface area contributed by atoms with Crippen LogP contribution in [-0.2, 0) is 10.0 Å². The van der Waals surface area contributed by atoms with Crippen LogP contribution in [0.2, 0.25) is 0 Å². The number of methoxy groups -OCH3 is 2. The number of rotatable bonds is 6. The third kappa shape index (κ3) is 4.21. The number of anilines is 1. The second-order valence-electron chi connectivity index (χ2n) is 7.58. The second-order valence-corrected chi connectivity index (χ2v) is 9.48. The molecule has 2 aromatic rings. The van der Waals surface area contributed by atoms with Gasteiger partial charge in [-0.25, -0.2) is 8.42 Å². The van der Waals surface area contributed by atoms with Crippen molar-refractivity contribution in [2.24, 2.45) is 0 Å². The Hall–Kier alpha value is -2.25. The van der Waals surface area contributed by atoms with Crippen molar-refractivity contribution in [2.75, 3.05) is 45.3 Å². The van der Waals surface area contributed by atoms with E-state index in [1.807, 2.05) is 51.1 Å². The van der Waals surface area contributed by atoms with Crippen molar-refractivity contribution in [3.8, 4) is 11.5 Å². The lowest BCUT2D eigenvalue weighted by atomic mass is 10.0. The first-order valence-corrected chi connectivity index (χ1v) is 11.3. The van der Waals surface area contributed by atoms with E-state index in [-0.39, 0.29) is 5.92 Å². The van der Waals surface area contributed by atoms with E-state index in [9.17, 15) is 8.42 Å². The van der Waals surface area contributed by atoms with Gasteiger partial charge in [-0.15, -0.1) is 0 Å². The topological polar surface area (TPSA) is 59.1 Å². The highest BCUT2D eigenvalue weighted by Crippen LogP contribution is 2.34. The molecule has 2 aromatic carbocycles. The van der Waals surface area contributed by atoms with Crippen molar-refractivity contribution in [1.29, 1.82) is 0 Å². The second kappa shape index (κ2) is 8.63. The Balaban J connectivity index is 1.84. The molecule has 158 valence electrons. The predicted molar refractivity (Wildman–Crippen MR) is 116 cm³/mol. The molecule has 0 amide bonds. The number of hydrogen-bond donors (Lipinski definition) is 0. The third-order valence-electron chi connectivity index (χ3n) is 5.43. The minimum atomic E-state index is -3.58. The molecule has 6 nitrogen and oxygen atoms in total. The lowest BCUT2D eigenvalue weighted by Crippen LogP contribution is -2.48. The van der Waals surface area contributed by atoms with Gasteiger partial charge in [0.05, 0.1) is 24.8 Å². The van der Waals surface area contributed by atoms with Crippen LogP contribution in [0.5, 0.6) is 11.5 Å². The quantitative estimate of drug-likeness (QED) is 0.717. The van der Waals surface area contributed by atoms with Crippen molar-refractivity contribution in [3.05, 3.63) is 47.5 Å². The van der Waals surface area contributed by atoms with Crippen molar-refractivity contribution >= 4 is 15.7 Å². The number of ether oxygens (including phenoxy) is 2. The van der Waals surface area contributed by atoms with Crippen LogP contribution in [-0.4, -0.2) is 53.1 Å². The summed E-state index contributed by atoms with van der Waals surface area (Å²) in [7, 11) is -0.307. The molecule has 0 atom stereocenters. The van der Waals surface area contributed by atoms with Gasteiger partial charge in [-0.2, -0.15) is 4.31 Å². The Morgan fingerprint density at radius 2 is 1.55 bits per heavy atom. The van der Waals surface area contributed by atoms with E-state index in [0.29, 0.717) is 36.6 Å². The first-order chi connectivity index (χ1) is 13.8. The van der Waals surface area contributed by atoms with Crippen LogP contribution in [0.1, 0.15) is 30.9 Å². The average molecular weight is 419 g/mol. The Bertz CT molecular complexity index is 965. The van der Waals surface area contributed by atoms with E-state index in [1.165, 1.54) is 0 Å². The van der Waals surface area contributed by atoms with Gasteiger partial charge in [0.2, 0.25) is 10.0 Å². The highest BCUT2D eigenvalue weighted by Gasteiger charge is 2.31. The van der Waals surface area contributed by atoms with Crippen molar-refractivity contribution in [1.82, 2.24) is 4.31 Å². The minimum Gasteiger partial charge on any atom is -0.496 e. The number of nitrogens with zero attached hydrogens (tertiary/aromatic N) is 2. The first-order valence-electron chi connectivity index (χ1n) is 9.86. The lowest BCUT2D eigenvalue weighted by molar-refractivity contribution is 0.377. The van der Waals surface area contributed by atoms with E-state index in [1.54, 1.807) is 24.6 Å². The number of sulfonamides is 1.